The van der Waals surface area contributed by atoms with Gasteiger partial charge in [-0.1, -0.05) is 29.8 Å². The molecule has 1 amide bonds. The van der Waals surface area contributed by atoms with Crippen LogP contribution in [0.1, 0.15) is 42.6 Å². The number of hydrogen-bond donors (Lipinski definition) is 1. The number of nitrogens with zero attached hydrogens (tertiary/aromatic N) is 3. The number of benzene rings is 1. The van der Waals surface area contributed by atoms with Crippen LogP contribution in [0.3, 0.4) is 0 Å². The SMILES string of the molecule is CN(C(=O)c1ccc(NCCC2=CCCCC2)nn1)c1ccccc1. The predicted molar refractivity (Wildman–Crippen MR) is 101 cm³/mol. The molecule has 1 aromatic carbocycles. The molecule has 25 heavy (non-hydrogen) atoms. The van der Waals surface area contributed by atoms with Gasteiger partial charge in [0.2, 0.25) is 0 Å². The number of allylic oxidation sites excluding steroid dienone is 1. The minimum absolute atomic E-state index is 0.169. The van der Waals surface area contributed by atoms with Crippen LogP contribution in [0.5, 0.6) is 0 Å². The van der Waals surface area contributed by atoms with E-state index in [1.165, 1.54) is 31.3 Å². The molecule has 2 aromatic rings. The highest BCUT2D eigenvalue weighted by atomic mass is 16.2. The summed E-state index contributed by atoms with van der Waals surface area (Å²) < 4.78 is 0. The van der Waals surface area contributed by atoms with Gasteiger partial charge in [0.25, 0.3) is 5.91 Å². The Labute approximate surface area is 148 Å². The normalized spacial score (nSPS) is 13.9. The minimum Gasteiger partial charge on any atom is -0.368 e. The molecule has 5 heteroatoms. The van der Waals surface area contributed by atoms with E-state index in [4.69, 9.17) is 0 Å². The Bertz CT molecular complexity index is 725. The van der Waals surface area contributed by atoms with Crippen LogP contribution in [0.25, 0.3) is 0 Å². The molecule has 130 valence electrons. The summed E-state index contributed by atoms with van der Waals surface area (Å²) in [6.45, 7) is 0.845. The van der Waals surface area contributed by atoms with E-state index in [9.17, 15) is 4.79 Å². The molecule has 0 atom stereocenters. The number of amides is 1. The zero-order valence-electron chi connectivity index (χ0n) is 14.6. The first kappa shape index (κ1) is 17.1. The topological polar surface area (TPSA) is 58.1 Å². The third-order valence-electron chi connectivity index (χ3n) is 4.47. The van der Waals surface area contributed by atoms with E-state index < -0.39 is 0 Å². The number of nitrogens with one attached hydrogen (secondary N) is 1. The first-order valence-electron chi connectivity index (χ1n) is 8.82. The van der Waals surface area contributed by atoms with Gasteiger partial charge < -0.3 is 10.2 Å². The lowest BCUT2D eigenvalue weighted by Gasteiger charge is -2.16. The molecule has 0 unspecified atom stereocenters. The standard InChI is InChI=1S/C20H24N4O/c1-24(17-10-6-3-7-11-17)20(25)18-12-13-19(23-22-18)21-15-14-16-8-4-2-5-9-16/h3,6-8,10-13H,2,4-5,9,14-15H2,1H3,(H,21,23). The summed E-state index contributed by atoms with van der Waals surface area (Å²) in [5.41, 5.74) is 2.70. The van der Waals surface area contributed by atoms with Gasteiger partial charge >= 0.3 is 0 Å². The van der Waals surface area contributed by atoms with E-state index in [0.29, 0.717) is 11.5 Å². The van der Waals surface area contributed by atoms with Gasteiger partial charge in [-0.15, -0.1) is 10.2 Å². The average molecular weight is 336 g/mol. The van der Waals surface area contributed by atoms with E-state index in [1.54, 1.807) is 18.0 Å². The van der Waals surface area contributed by atoms with Crippen LogP contribution in [0, 0.1) is 0 Å². The Morgan fingerprint density at radius 3 is 2.64 bits per heavy atom. The highest BCUT2D eigenvalue weighted by Gasteiger charge is 2.15. The Morgan fingerprint density at radius 1 is 1.12 bits per heavy atom. The highest BCUT2D eigenvalue weighted by molar-refractivity contribution is 6.04. The van der Waals surface area contributed by atoms with Gasteiger partial charge in [-0.25, -0.2) is 0 Å². The Kier molecular flexibility index (Phi) is 5.77. The molecule has 0 saturated heterocycles. The maximum atomic E-state index is 12.5. The lowest BCUT2D eigenvalue weighted by Crippen LogP contribution is -2.27. The van der Waals surface area contributed by atoms with Gasteiger partial charge in [0.05, 0.1) is 0 Å². The number of para-hydroxylation sites is 1. The molecule has 5 nitrogen and oxygen atoms in total. The molecule has 1 heterocycles. The molecule has 0 saturated carbocycles. The van der Waals surface area contributed by atoms with E-state index >= 15 is 0 Å². The van der Waals surface area contributed by atoms with Crippen LogP contribution in [-0.4, -0.2) is 29.7 Å². The van der Waals surface area contributed by atoms with Crippen molar-refractivity contribution < 1.29 is 4.79 Å². The van der Waals surface area contributed by atoms with Crippen LogP contribution in [0.4, 0.5) is 11.5 Å². The van der Waals surface area contributed by atoms with Crippen LogP contribution < -0.4 is 10.2 Å². The van der Waals surface area contributed by atoms with E-state index in [-0.39, 0.29) is 5.91 Å². The molecule has 1 N–H and O–H groups in total. The van der Waals surface area contributed by atoms with Gasteiger partial charge in [-0.2, -0.15) is 0 Å². The van der Waals surface area contributed by atoms with Crippen molar-refractivity contribution >= 4 is 17.4 Å². The summed E-state index contributed by atoms with van der Waals surface area (Å²) in [4.78, 5) is 14.0. The van der Waals surface area contributed by atoms with Crippen LogP contribution in [-0.2, 0) is 0 Å². The molecule has 0 spiro atoms. The molecule has 3 rings (SSSR count). The monoisotopic (exact) mass is 336 g/mol. The number of aromatic nitrogens is 2. The molecule has 0 aliphatic heterocycles. The predicted octanol–water partition coefficient (Wildman–Crippen LogP) is 4.06. The lowest BCUT2D eigenvalue weighted by molar-refractivity contribution is 0.0987. The van der Waals surface area contributed by atoms with Crippen LogP contribution in [0.2, 0.25) is 0 Å². The first-order valence-corrected chi connectivity index (χ1v) is 8.82. The van der Waals surface area contributed by atoms with Gasteiger partial charge in [-0.05, 0) is 56.4 Å². The van der Waals surface area contributed by atoms with Crippen molar-refractivity contribution in [2.24, 2.45) is 0 Å². The Balaban J connectivity index is 1.54. The van der Waals surface area contributed by atoms with Crippen molar-refractivity contribution in [3.8, 4) is 0 Å². The smallest absolute Gasteiger partial charge is 0.278 e. The number of hydrogen-bond acceptors (Lipinski definition) is 4. The number of carbonyl (C=O) groups excluding carboxylic acids is 1. The van der Waals surface area contributed by atoms with Crippen molar-refractivity contribution in [2.45, 2.75) is 32.1 Å². The molecule has 0 fully saturated rings. The fourth-order valence-corrected chi connectivity index (χ4v) is 2.96. The fourth-order valence-electron chi connectivity index (χ4n) is 2.96. The Hall–Kier alpha value is -2.69. The fraction of sp³-hybridized carbons (Fsp3) is 0.350. The van der Waals surface area contributed by atoms with E-state index in [0.717, 1.165) is 18.7 Å². The summed E-state index contributed by atoms with van der Waals surface area (Å²) in [6.07, 6.45) is 8.44. The zero-order chi connectivity index (χ0) is 17.5. The van der Waals surface area contributed by atoms with Crippen LogP contribution >= 0.6 is 0 Å². The third kappa shape index (κ3) is 4.66. The van der Waals surface area contributed by atoms with E-state index in [2.05, 4.69) is 21.6 Å². The lowest BCUT2D eigenvalue weighted by atomic mass is 9.97. The molecular formula is C20H24N4O. The van der Waals surface area contributed by atoms with Crippen molar-refractivity contribution in [3.63, 3.8) is 0 Å². The first-order chi connectivity index (χ1) is 12.2. The third-order valence-corrected chi connectivity index (χ3v) is 4.47. The van der Waals surface area contributed by atoms with Gasteiger partial charge in [-0.3, -0.25) is 4.79 Å². The number of carbonyl (C=O) groups is 1. The zero-order valence-corrected chi connectivity index (χ0v) is 14.6. The second kappa shape index (κ2) is 8.42. The average Bonchev–Trinajstić information content (AvgIpc) is 2.69. The van der Waals surface area contributed by atoms with Crippen molar-refractivity contribution in [2.75, 3.05) is 23.8 Å². The number of anilines is 2. The summed E-state index contributed by atoms with van der Waals surface area (Å²) in [7, 11) is 1.74. The van der Waals surface area contributed by atoms with Crippen molar-refractivity contribution in [1.82, 2.24) is 10.2 Å². The van der Waals surface area contributed by atoms with Gasteiger partial charge in [0, 0.05) is 19.3 Å². The summed E-state index contributed by atoms with van der Waals surface area (Å²) in [5, 5.41) is 11.5. The molecular weight excluding hydrogens is 312 g/mol. The highest BCUT2D eigenvalue weighted by Crippen LogP contribution is 2.20. The summed E-state index contributed by atoms with van der Waals surface area (Å²) in [6, 6.07) is 13.0. The molecule has 0 radical (unpaired) electrons. The molecule has 1 aliphatic carbocycles. The maximum absolute atomic E-state index is 12.5. The maximum Gasteiger partial charge on any atom is 0.278 e. The minimum atomic E-state index is -0.169. The van der Waals surface area contributed by atoms with Gasteiger partial charge in [0.15, 0.2) is 5.69 Å². The molecule has 1 aliphatic rings. The van der Waals surface area contributed by atoms with Crippen molar-refractivity contribution in [1.29, 1.82) is 0 Å². The van der Waals surface area contributed by atoms with Gasteiger partial charge in [0.1, 0.15) is 5.82 Å². The largest absolute Gasteiger partial charge is 0.368 e. The molecule has 1 aromatic heterocycles. The second-order valence-corrected chi connectivity index (χ2v) is 6.29. The van der Waals surface area contributed by atoms with Crippen molar-refractivity contribution in [3.05, 3.63) is 59.8 Å². The Morgan fingerprint density at radius 2 is 1.96 bits per heavy atom. The molecule has 0 bridgehead atoms. The number of rotatable bonds is 6. The quantitative estimate of drug-likeness (QED) is 0.808. The second-order valence-electron chi connectivity index (χ2n) is 6.29. The van der Waals surface area contributed by atoms with Crippen LogP contribution in [0.15, 0.2) is 54.1 Å². The summed E-state index contributed by atoms with van der Waals surface area (Å²) in [5.74, 6) is 0.535. The summed E-state index contributed by atoms with van der Waals surface area (Å²) >= 11 is 0. The van der Waals surface area contributed by atoms with E-state index in [1.807, 2.05) is 36.4 Å².